The number of nitrogens with zero attached hydrogens (tertiary/aromatic N) is 1. The van der Waals surface area contributed by atoms with E-state index in [9.17, 15) is 4.79 Å². The van der Waals surface area contributed by atoms with Crippen LogP contribution in [0, 0.1) is 5.92 Å². The molecule has 1 fully saturated rings. The Hall–Kier alpha value is -0.570. The van der Waals surface area contributed by atoms with Gasteiger partial charge in [-0.25, -0.2) is 0 Å². The third-order valence-electron chi connectivity index (χ3n) is 2.50. The molecule has 1 amide bonds. The van der Waals surface area contributed by atoms with Gasteiger partial charge in [0.2, 0.25) is 5.91 Å². The van der Waals surface area contributed by atoms with Crippen LogP contribution in [0.3, 0.4) is 0 Å². The molecule has 3 nitrogen and oxygen atoms in total. The Morgan fingerprint density at radius 1 is 1.67 bits per heavy atom. The average molecular weight is 170 g/mol. The van der Waals surface area contributed by atoms with E-state index < -0.39 is 0 Å². The Labute approximate surface area is 73.9 Å². The predicted molar refractivity (Wildman–Crippen MR) is 48.6 cm³/mol. The van der Waals surface area contributed by atoms with Gasteiger partial charge in [-0.15, -0.1) is 0 Å². The van der Waals surface area contributed by atoms with E-state index in [4.69, 9.17) is 5.73 Å². The Morgan fingerprint density at radius 3 is 2.92 bits per heavy atom. The molecule has 0 aromatic carbocycles. The van der Waals surface area contributed by atoms with Crippen LogP contribution in [-0.4, -0.2) is 29.9 Å². The standard InChI is InChI=1S/C9H18N2O/c1-3-4-11-6-8(10)7(2)5-9(11)12/h7-8H,3-6,10H2,1-2H3. The van der Waals surface area contributed by atoms with Crippen molar-refractivity contribution in [1.82, 2.24) is 4.90 Å². The first-order valence-electron chi connectivity index (χ1n) is 4.68. The zero-order valence-corrected chi connectivity index (χ0v) is 7.92. The van der Waals surface area contributed by atoms with E-state index in [0.717, 1.165) is 19.5 Å². The molecule has 1 aliphatic heterocycles. The molecule has 2 atom stereocenters. The fraction of sp³-hybridized carbons (Fsp3) is 0.889. The molecule has 0 radical (unpaired) electrons. The molecule has 1 aliphatic rings. The summed E-state index contributed by atoms with van der Waals surface area (Å²) in [4.78, 5) is 13.3. The van der Waals surface area contributed by atoms with E-state index in [1.807, 2.05) is 11.8 Å². The largest absolute Gasteiger partial charge is 0.341 e. The van der Waals surface area contributed by atoms with Crippen LogP contribution >= 0.6 is 0 Å². The number of piperidine rings is 1. The molecule has 0 saturated carbocycles. The molecule has 0 aromatic rings. The maximum atomic E-state index is 11.4. The highest BCUT2D eigenvalue weighted by molar-refractivity contribution is 5.77. The van der Waals surface area contributed by atoms with Crippen LogP contribution < -0.4 is 5.73 Å². The van der Waals surface area contributed by atoms with Crippen molar-refractivity contribution in [2.45, 2.75) is 32.7 Å². The van der Waals surface area contributed by atoms with Crippen LogP contribution in [0.5, 0.6) is 0 Å². The number of hydrogen-bond acceptors (Lipinski definition) is 2. The summed E-state index contributed by atoms with van der Waals surface area (Å²) in [5.41, 5.74) is 5.87. The van der Waals surface area contributed by atoms with Gasteiger partial charge in [0.05, 0.1) is 0 Å². The van der Waals surface area contributed by atoms with Gasteiger partial charge in [-0.1, -0.05) is 13.8 Å². The van der Waals surface area contributed by atoms with Gasteiger partial charge in [-0.05, 0) is 12.3 Å². The monoisotopic (exact) mass is 170 g/mol. The van der Waals surface area contributed by atoms with E-state index in [2.05, 4.69) is 6.92 Å². The van der Waals surface area contributed by atoms with Crippen molar-refractivity contribution in [3.63, 3.8) is 0 Å². The molecule has 0 bridgehead atoms. The Kier molecular flexibility index (Phi) is 3.09. The van der Waals surface area contributed by atoms with Gasteiger partial charge in [0.15, 0.2) is 0 Å². The molecule has 3 heteroatoms. The SMILES string of the molecule is CCCN1CC(N)C(C)CC1=O. The third-order valence-corrected chi connectivity index (χ3v) is 2.50. The van der Waals surface area contributed by atoms with E-state index in [1.54, 1.807) is 0 Å². The molecule has 0 aliphatic carbocycles. The highest BCUT2D eigenvalue weighted by Gasteiger charge is 2.27. The van der Waals surface area contributed by atoms with Crippen LogP contribution in [0.1, 0.15) is 26.7 Å². The van der Waals surface area contributed by atoms with E-state index in [0.29, 0.717) is 12.3 Å². The van der Waals surface area contributed by atoms with Crippen molar-refractivity contribution in [1.29, 1.82) is 0 Å². The van der Waals surface area contributed by atoms with Crippen molar-refractivity contribution in [2.24, 2.45) is 11.7 Å². The Bertz CT molecular complexity index is 170. The van der Waals surface area contributed by atoms with Crippen molar-refractivity contribution in [3.8, 4) is 0 Å². The summed E-state index contributed by atoms with van der Waals surface area (Å²) in [5, 5.41) is 0. The number of amides is 1. The minimum absolute atomic E-state index is 0.175. The molecule has 0 aromatic heterocycles. The van der Waals surface area contributed by atoms with E-state index in [-0.39, 0.29) is 11.9 Å². The van der Waals surface area contributed by atoms with Gasteiger partial charge in [0.1, 0.15) is 0 Å². The summed E-state index contributed by atoms with van der Waals surface area (Å²) in [6.07, 6.45) is 1.65. The van der Waals surface area contributed by atoms with Gasteiger partial charge < -0.3 is 10.6 Å². The summed E-state index contributed by atoms with van der Waals surface area (Å²) in [7, 11) is 0. The fourth-order valence-corrected chi connectivity index (χ4v) is 1.58. The number of nitrogens with two attached hydrogens (primary N) is 1. The lowest BCUT2D eigenvalue weighted by Gasteiger charge is -2.34. The topological polar surface area (TPSA) is 46.3 Å². The van der Waals surface area contributed by atoms with Crippen molar-refractivity contribution in [3.05, 3.63) is 0 Å². The Balaban J connectivity index is 2.49. The number of rotatable bonds is 2. The van der Waals surface area contributed by atoms with Gasteiger partial charge in [-0.3, -0.25) is 4.79 Å². The lowest BCUT2D eigenvalue weighted by atomic mass is 9.94. The number of carbonyl (C=O) groups is 1. The van der Waals surface area contributed by atoms with Gasteiger partial charge in [0, 0.05) is 25.6 Å². The van der Waals surface area contributed by atoms with Crippen LogP contribution in [-0.2, 0) is 4.79 Å². The van der Waals surface area contributed by atoms with Crippen LogP contribution in [0.15, 0.2) is 0 Å². The Morgan fingerprint density at radius 2 is 2.33 bits per heavy atom. The highest BCUT2D eigenvalue weighted by Crippen LogP contribution is 2.16. The van der Waals surface area contributed by atoms with Crippen molar-refractivity contribution in [2.75, 3.05) is 13.1 Å². The molecule has 2 N–H and O–H groups in total. The maximum Gasteiger partial charge on any atom is 0.222 e. The summed E-state index contributed by atoms with van der Waals surface area (Å²) in [6.45, 7) is 5.73. The maximum absolute atomic E-state index is 11.4. The van der Waals surface area contributed by atoms with Crippen LogP contribution in [0.25, 0.3) is 0 Å². The molecule has 2 unspecified atom stereocenters. The number of hydrogen-bond donors (Lipinski definition) is 1. The second-order valence-corrected chi connectivity index (χ2v) is 3.69. The summed E-state index contributed by atoms with van der Waals surface area (Å²) in [6, 6.07) is 0.175. The summed E-state index contributed by atoms with van der Waals surface area (Å²) >= 11 is 0. The molecule has 12 heavy (non-hydrogen) atoms. The molecule has 1 saturated heterocycles. The quantitative estimate of drug-likeness (QED) is 0.659. The zero-order chi connectivity index (χ0) is 9.14. The molecule has 70 valence electrons. The summed E-state index contributed by atoms with van der Waals surface area (Å²) < 4.78 is 0. The van der Waals surface area contributed by atoms with Crippen molar-refractivity contribution >= 4 is 5.91 Å². The van der Waals surface area contributed by atoms with E-state index >= 15 is 0 Å². The van der Waals surface area contributed by atoms with Gasteiger partial charge >= 0.3 is 0 Å². The average Bonchev–Trinajstić information content (AvgIpc) is 2.01. The van der Waals surface area contributed by atoms with Gasteiger partial charge in [-0.2, -0.15) is 0 Å². The van der Waals surface area contributed by atoms with Crippen LogP contribution in [0.4, 0.5) is 0 Å². The van der Waals surface area contributed by atoms with E-state index in [1.165, 1.54) is 0 Å². The number of carbonyl (C=O) groups excluding carboxylic acids is 1. The summed E-state index contributed by atoms with van der Waals surface area (Å²) in [5.74, 6) is 0.622. The first kappa shape index (κ1) is 9.52. The minimum atomic E-state index is 0.175. The normalized spacial score (nSPS) is 30.9. The molecule has 1 heterocycles. The smallest absolute Gasteiger partial charge is 0.222 e. The minimum Gasteiger partial charge on any atom is -0.341 e. The second-order valence-electron chi connectivity index (χ2n) is 3.69. The van der Waals surface area contributed by atoms with Gasteiger partial charge in [0.25, 0.3) is 0 Å². The molecular weight excluding hydrogens is 152 g/mol. The van der Waals surface area contributed by atoms with Crippen molar-refractivity contribution < 1.29 is 4.79 Å². The van der Waals surface area contributed by atoms with Crippen LogP contribution in [0.2, 0.25) is 0 Å². The first-order valence-corrected chi connectivity index (χ1v) is 4.68. The predicted octanol–water partition coefficient (Wildman–Crippen LogP) is 0.592. The second kappa shape index (κ2) is 3.90. The number of likely N-dealkylation sites (tertiary alicyclic amines) is 1. The molecule has 0 spiro atoms. The molecular formula is C9H18N2O. The third kappa shape index (κ3) is 1.97. The highest BCUT2D eigenvalue weighted by atomic mass is 16.2. The fourth-order valence-electron chi connectivity index (χ4n) is 1.58. The molecule has 1 rings (SSSR count). The lowest BCUT2D eigenvalue weighted by Crippen LogP contribution is -2.50. The zero-order valence-electron chi connectivity index (χ0n) is 7.92. The first-order chi connectivity index (χ1) is 5.65. The lowest BCUT2D eigenvalue weighted by molar-refractivity contribution is -0.135.